The Labute approximate surface area is 159 Å². The lowest BCUT2D eigenvalue weighted by Gasteiger charge is -2.20. The van der Waals surface area contributed by atoms with Crippen molar-refractivity contribution in [3.63, 3.8) is 0 Å². The quantitative estimate of drug-likeness (QED) is 0.472. The molecule has 0 aliphatic rings. The Morgan fingerprint density at radius 1 is 1.04 bits per heavy atom. The maximum absolute atomic E-state index is 11.0. The molecule has 0 aliphatic heterocycles. The minimum Gasteiger partial charge on any atom is -0.438 e. The number of aromatic nitrogens is 1. The van der Waals surface area contributed by atoms with E-state index in [1.165, 1.54) is 23.6 Å². The Morgan fingerprint density at radius 3 is 2.63 bits per heavy atom. The van der Waals surface area contributed by atoms with E-state index in [1.54, 1.807) is 0 Å². The summed E-state index contributed by atoms with van der Waals surface area (Å²) in [6.07, 6.45) is 5.26. The number of nitrogens with zero attached hydrogens (tertiary/aromatic N) is 1. The number of methoxy groups -OCH3 is 1. The van der Waals surface area contributed by atoms with Gasteiger partial charge in [-0.05, 0) is 23.3 Å². The summed E-state index contributed by atoms with van der Waals surface area (Å²) in [4.78, 5) is 16.7. The Hall–Kier alpha value is -3.05. The van der Waals surface area contributed by atoms with Crippen molar-refractivity contribution >= 4 is 17.1 Å². The highest BCUT2D eigenvalue weighted by Gasteiger charge is 2.09. The Morgan fingerprint density at radius 2 is 1.81 bits per heavy atom. The van der Waals surface area contributed by atoms with Gasteiger partial charge < -0.3 is 14.5 Å². The molecule has 0 spiro atoms. The molecule has 2 aromatic carbocycles. The lowest BCUT2D eigenvalue weighted by atomic mass is 10.1. The molecular weight excluding hydrogens is 340 g/mol. The zero-order valence-electron chi connectivity index (χ0n) is 15.4. The van der Waals surface area contributed by atoms with Gasteiger partial charge in [0.1, 0.15) is 6.61 Å². The van der Waals surface area contributed by atoms with E-state index in [1.807, 2.05) is 24.3 Å². The largest absolute Gasteiger partial charge is 0.508 e. The van der Waals surface area contributed by atoms with Crippen LogP contribution in [0.5, 0.6) is 0 Å². The second kappa shape index (κ2) is 9.59. The molecule has 0 atom stereocenters. The predicted octanol–water partition coefficient (Wildman–Crippen LogP) is 4.51. The van der Waals surface area contributed by atoms with Crippen LogP contribution in [-0.2, 0) is 22.6 Å². The van der Waals surface area contributed by atoms with Crippen LogP contribution in [0.4, 0.5) is 4.79 Å². The second-order valence-corrected chi connectivity index (χ2v) is 6.25. The van der Waals surface area contributed by atoms with Gasteiger partial charge in [0.2, 0.25) is 0 Å². The molecule has 0 radical (unpaired) electrons. The van der Waals surface area contributed by atoms with Crippen LogP contribution in [0.3, 0.4) is 0 Å². The number of carbonyl (C=O) groups is 1. The molecule has 5 heteroatoms. The third kappa shape index (κ3) is 5.46. The fourth-order valence-corrected chi connectivity index (χ4v) is 3.00. The van der Waals surface area contributed by atoms with E-state index in [0.717, 1.165) is 25.2 Å². The lowest BCUT2D eigenvalue weighted by molar-refractivity contribution is 0.0817. The number of para-hydroxylation sites is 1. The molecule has 1 N–H and O–H groups in total. The van der Waals surface area contributed by atoms with Gasteiger partial charge in [-0.3, -0.25) is 4.90 Å². The monoisotopic (exact) mass is 364 g/mol. The number of carbonyl (C=O) groups excluding carboxylic acids is 1. The molecule has 27 heavy (non-hydrogen) atoms. The maximum Gasteiger partial charge on any atom is 0.508 e. The van der Waals surface area contributed by atoms with Gasteiger partial charge in [0.25, 0.3) is 0 Å². The van der Waals surface area contributed by atoms with Crippen molar-refractivity contribution in [2.75, 3.05) is 20.3 Å². The Balaban J connectivity index is 1.67. The first-order chi connectivity index (χ1) is 13.3. The smallest absolute Gasteiger partial charge is 0.438 e. The van der Waals surface area contributed by atoms with Crippen molar-refractivity contribution in [1.29, 1.82) is 0 Å². The summed E-state index contributed by atoms with van der Waals surface area (Å²) in [5.74, 6) is 0. The van der Waals surface area contributed by atoms with Gasteiger partial charge in [-0.15, -0.1) is 0 Å². The number of fused-ring (bicyclic) bond motifs is 1. The van der Waals surface area contributed by atoms with E-state index in [0.29, 0.717) is 0 Å². The summed E-state index contributed by atoms with van der Waals surface area (Å²) in [5, 5.41) is 1.24. The van der Waals surface area contributed by atoms with E-state index in [-0.39, 0.29) is 6.61 Å². The van der Waals surface area contributed by atoms with Crippen LogP contribution in [0.2, 0.25) is 0 Å². The zero-order valence-corrected chi connectivity index (χ0v) is 15.4. The van der Waals surface area contributed by atoms with Gasteiger partial charge in [0, 0.05) is 36.7 Å². The average molecular weight is 364 g/mol. The number of hydrogen-bond acceptors (Lipinski definition) is 4. The summed E-state index contributed by atoms with van der Waals surface area (Å²) in [6, 6.07) is 18.7. The molecule has 1 heterocycles. The maximum atomic E-state index is 11.0. The average Bonchev–Trinajstić information content (AvgIpc) is 3.11. The van der Waals surface area contributed by atoms with Gasteiger partial charge >= 0.3 is 6.16 Å². The van der Waals surface area contributed by atoms with Crippen LogP contribution < -0.4 is 0 Å². The van der Waals surface area contributed by atoms with Crippen LogP contribution >= 0.6 is 0 Å². The van der Waals surface area contributed by atoms with Gasteiger partial charge in [0.05, 0.1) is 7.11 Å². The minimum absolute atomic E-state index is 0.207. The van der Waals surface area contributed by atoms with E-state index in [4.69, 9.17) is 4.74 Å². The van der Waals surface area contributed by atoms with Crippen LogP contribution in [0.25, 0.3) is 10.9 Å². The summed E-state index contributed by atoms with van der Waals surface area (Å²) in [5.41, 5.74) is 3.67. The predicted molar refractivity (Wildman–Crippen MR) is 106 cm³/mol. The summed E-state index contributed by atoms with van der Waals surface area (Å²) < 4.78 is 9.34. The first-order valence-electron chi connectivity index (χ1n) is 8.93. The molecular formula is C22H24N2O3. The van der Waals surface area contributed by atoms with Gasteiger partial charge in [0.15, 0.2) is 0 Å². The molecule has 0 amide bonds. The van der Waals surface area contributed by atoms with Crippen molar-refractivity contribution in [2.45, 2.75) is 13.1 Å². The number of hydrogen-bond donors (Lipinski definition) is 1. The molecule has 0 bridgehead atoms. The first-order valence-corrected chi connectivity index (χ1v) is 8.93. The molecule has 0 saturated carbocycles. The number of nitrogens with one attached hydrogen (secondary N) is 1. The molecule has 140 valence electrons. The van der Waals surface area contributed by atoms with Gasteiger partial charge in [-0.1, -0.05) is 54.6 Å². The third-order valence-corrected chi connectivity index (χ3v) is 4.31. The zero-order chi connectivity index (χ0) is 18.9. The second-order valence-electron chi connectivity index (χ2n) is 6.25. The van der Waals surface area contributed by atoms with Crippen LogP contribution in [0, 0.1) is 0 Å². The number of H-pyrrole nitrogens is 1. The lowest BCUT2D eigenvalue weighted by Crippen LogP contribution is -2.23. The van der Waals surface area contributed by atoms with Crippen molar-refractivity contribution in [2.24, 2.45) is 0 Å². The number of benzene rings is 2. The van der Waals surface area contributed by atoms with Crippen LogP contribution in [0.15, 0.2) is 72.9 Å². The van der Waals surface area contributed by atoms with Crippen molar-refractivity contribution in [3.05, 3.63) is 84.1 Å². The highest BCUT2D eigenvalue weighted by Crippen LogP contribution is 2.20. The normalized spacial score (nSPS) is 11.3. The number of aromatic amines is 1. The number of rotatable bonds is 8. The molecule has 0 aliphatic carbocycles. The molecule has 3 rings (SSSR count). The molecule has 0 fully saturated rings. The van der Waals surface area contributed by atoms with Crippen LogP contribution in [-0.4, -0.2) is 36.3 Å². The first kappa shape index (κ1) is 18.7. The molecule has 1 aromatic heterocycles. The van der Waals surface area contributed by atoms with E-state index >= 15 is 0 Å². The summed E-state index contributed by atoms with van der Waals surface area (Å²) in [7, 11) is 1.30. The summed E-state index contributed by atoms with van der Waals surface area (Å²) >= 11 is 0. The van der Waals surface area contributed by atoms with E-state index in [9.17, 15) is 4.79 Å². The molecule has 0 unspecified atom stereocenters. The standard InChI is InChI=1S/C22H24N2O3/c1-26-22(25)27-14-8-7-13-24(16-18-9-3-2-4-10-18)17-19-15-23-21-12-6-5-11-20(19)21/h2-12,15,23H,13-14,16-17H2,1H3/b8-7+. The molecule has 3 aromatic rings. The van der Waals surface area contributed by atoms with Crippen molar-refractivity contribution < 1.29 is 14.3 Å². The third-order valence-electron chi connectivity index (χ3n) is 4.31. The van der Waals surface area contributed by atoms with Gasteiger partial charge in [-0.2, -0.15) is 0 Å². The molecule has 0 saturated heterocycles. The molecule has 5 nitrogen and oxygen atoms in total. The van der Waals surface area contributed by atoms with E-state index in [2.05, 4.69) is 63.3 Å². The number of ether oxygens (including phenoxy) is 2. The van der Waals surface area contributed by atoms with Crippen LogP contribution in [0.1, 0.15) is 11.1 Å². The van der Waals surface area contributed by atoms with E-state index < -0.39 is 6.16 Å². The van der Waals surface area contributed by atoms with Crippen molar-refractivity contribution in [3.8, 4) is 0 Å². The van der Waals surface area contributed by atoms with Gasteiger partial charge in [-0.25, -0.2) is 4.79 Å². The Bertz CT molecular complexity index is 887. The highest BCUT2D eigenvalue weighted by atomic mass is 16.7. The SMILES string of the molecule is COC(=O)OC/C=C/CN(Cc1ccccc1)Cc1c[nH]c2ccccc12. The summed E-state index contributed by atoms with van der Waals surface area (Å²) in [6.45, 7) is 2.61. The Kier molecular flexibility index (Phi) is 6.66. The minimum atomic E-state index is -0.667. The fraction of sp³-hybridized carbons (Fsp3) is 0.227. The topological polar surface area (TPSA) is 54.6 Å². The van der Waals surface area contributed by atoms with Crippen molar-refractivity contribution in [1.82, 2.24) is 9.88 Å². The fourth-order valence-electron chi connectivity index (χ4n) is 3.00. The highest BCUT2D eigenvalue weighted by molar-refractivity contribution is 5.82.